The molecule has 1 N–H and O–H groups in total. The zero-order chi connectivity index (χ0) is 22.1. The topological polar surface area (TPSA) is 29.1 Å². The van der Waals surface area contributed by atoms with Gasteiger partial charge in [0.1, 0.15) is 5.78 Å². The average molecular weight is 432 g/mol. The maximum Gasteiger partial charge on any atom is 0.136 e. The van der Waals surface area contributed by atoms with Crippen LogP contribution in [0.15, 0.2) is 0 Å². The molecule has 2 heteroatoms. The Balaban J connectivity index is 1.26. The summed E-state index contributed by atoms with van der Waals surface area (Å²) in [7, 11) is 2.15. The van der Waals surface area contributed by atoms with Gasteiger partial charge in [0.05, 0.1) is 0 Å². The Bertz CT molecular complexity index is 515. The van der Waals surface area contributed by atoms with Gasteiger partial charge in [-0.25, -0.2) is 0 Å². The first-order valence-corrected chi connectivity index (χ1v) is 14.3. The Hall–Kier alpha value is -0.370. The van der Waals surface area contributed by atoms with Crippen LogP contribution >= 0.6 is 0 Å². The summed E-state index contributed by atoms with van der Waals surface area (Å²) in [4.78, 5) is 13.2. The predicted molar refractivity (Wildman–Crippen MR) is 133 cm³/mol. The number of nitrogens with one attached hydrogen (secondary N) is 1. The number of ketones is 1. The van der Waals surface area contributed by atoms with Crippen molar-refractivity contribution < 1.29 is 4.79 Å². The van der Waals surface area contributed by atoms with E-state index in [1.807, 2.05) is 0 Å². The van der Waals surface area contributed by atoms with Crippen molar-refractivity contribution in [2.24, 2.45) is 29.1 Å². The Labute approximate surface area is 194 Å². The van der Waals surface area contributed by atoms with Gasteiger partial charge in [-0.15, -0.1) is 0 Å². The number of hydrogen-bond donors (Lipinski definition) is 1. The van der Waals surface area contributed by atoms with Crippen LogP contribution in [0.1, 0.15) is 136 Å². The molecule has 0 aromatic heterocycles. The Morgan fingerprint density at radius 1 is 0.806 bits per heavy atom. The van der Waals surface area contributed by atoms with Crippen LogP contribution in [0.2, 0.25) is 0 Å². The van der Waals surface area contributed by atoms with E-state index in [9.17, 15) is 4.79 Å². The fourth-order valence-electron chi connectivity index (χ4n) is 8.10. The lowest BCUT2D eigenvalue weighted by molar-refractivity contribution is -0.144. The van der Waals surface area contributed by atoms with Crippen molar-refractivity contribution >= 4 is 5.78 Å². The normalized spacial score (nSPS) is 32.5. The number of carbonyl (C=O) groups excluding carboxylic acids is 1. The molecule has 4 unspecified atom stereocenters. The van der Waals surface area contributed by atoms with Crippen LogP contribution in [0.3, 0.4) is 0 Å². The molecule has 4 fully saturated rings. The van der Waals surface area contributed by atoms with Crippen LogP contribution < -0.4 is 5.32 Å². The number of hydrogen-bond acceptors (Lipinski definition) is 2. The molecule has 4 bridgehead atoms. The van der Waals surface area contributed by atoms with Gasteiger partial charge in [-0.3, -0.25) is 4.79 Å². The van der Waals surface area contributed by atoms with Gasteiger partial charge >= 0.3 is 0 Å². The minimum atomic E-state index is 0.260. The van der Waals surface area contributed by atoms with E-state index in [0.717, 1.165) is 30.6 Å². The summed E-state index contributed by atoms with van der Waals surface area (Å²) in [6.45, 7) is 4.58. The number of rotatable bonds is 17. The third kappa shape index (κ3) is 6.58. The molecule has 0 aromatic rings. The molecule has 4 atom stereocenters. The first-order valence-electron chi connectivity index (χ1n) is 14.3. The minimum Gasteiger partial charge on any atom is -0.316 e. The first-order chi connectivity index (χ1) is 15.1. The van der Waals surface area contributed by atoms with Crippen molar-refractivity contribution in [2.75, 3.05) is 7.05 Å². The SMILES string of the molecule is CCCCCCCCCCCCCCCC(=O)C(C)C12CC3CC(CC(C3)C1NC)C2. The summed E-state index contributed by atoms with van der Waals surface area (Å²) in [6, 6.07) is 0.589. The number of Topliss-reactive ketones (excluding diaryl/α,β-unsaturated/α-hetero) is 1. The highest BCUT2D eigenvalue weighted by Gasteiger charge is 2.59. The van der Waals surface area contributed by atoms with E-state index in [1.165, 1.54) is 109 Å². The molecule has 0 spiro atoms. The van der Waals surface area contributed by atoms with Crippen molar-refractivity contribution in [1.82, 2.24) is 5.32 Å². The van der Waals surface area contributed by atoms with Crippen molar-refractivity contribution in [1.29, 1.82) is 0 Å². The lowest BCUT2D eigenvalue weighted by Crippen LogP contribution is -2.63. The lowest BCUT2D eigenvalue weighted by Gasteiger charge is -2.63. The molecule has 31 heavy (non-hydrogen) atoms. The van der Waals surface area contributed by atoms with E-state index in [2.05, 4.69) is 26.2 Å². The third-order valence-electron chi connectivity index (χ3n) is 9.55. The fraction of sp³-hybridized carbons (Fsp3) is 0.966. The van der Waals surface area contributed by atoms with E-state index in [-0.39, 0.29) is 11.3 Å². The summed E-state index contributed by atoms with van der Waals surface area (Å²) in [5.41, 5.74) is 0.275. The van der Waals surface area contributed by atoms with E-state index < -0.39 is 0 Å². The number of unbranched alkanes of at least 4 members (excludes halogenated alkanes) is 12. The molecule has 4 saturated carbocycles. The predicted octanol–water partition coefficient (Wildman–Crippen LogP) is 8.09. The molecule has 0 amide bonds. The maximum absolute atomic E-state index is 13.2. The molecular formula is C29H53NO. The van der Waals surface area contributed by atoms with E-state index in [4.69, 9.17) is 0 Å². The van der Waals surface area contributed by atoms with Gasteiger partial charge in [-0.1, -0.05) is 90.9 Å². The highest BCUT2D eigenvalue weighted by molar-refractivity contribution is 5.81. The maximum atomic E-state index is 13.2. The van der Waals surface area contributed by atoms with Gasteiger partial charge in [-0.2, -0.15) is 0 Å². The second kappa shape index (κ2) is 12.8. The quantitative estimate of drug-likeness (QED) is 0.236. The van der Waals surface area contributed by atoms with Crippen molar-refractivity contribution in [3.63, 3.8) is 0 Å². The van der Waals surface area contributed by atoms with Crippen LogP contribution in [-0.2, 0) is 4.79 Å². The van der Waals surface area contributed by atoms with Crippen LogP contribution in [-0.4, -0.2) is 18.9 Å². The zero-order valence-electron chi connectivity index (χ0n) is 21.2. The van der Waals surface area contributed by atoms with Crippen molar-refractivity contribution in [2.45, 2.75) is 142 Å². The second-order valence-corrected chi connectivity index (χ2v) is 11.8. The third-order valence-corrected chi connectivity index (χ3v) is 9.55. The van der Waals surface area contributed by atoms with Crippen LogP contribution in [0, 0.1) is 29.1 Å². The molecule has 180 valence electrons. The van der Waals surface area contributed by atoms with Crippen molar-refractivity contribution in [3.8, 4) is 0 Å². The monoisotopic (exact) mass is 431 g/mol. The van der Waals surface area contributed by atoms with E-state index in [0.29, 0.717) is 11.8 Å². The summed E-state index contributed by atoms with van der Waals surface area (Å²) in [5.74, 6) is 3.49. The van der Waals surface area contributed by atoms with Gasteiger partial charge < -0.3 is 5.32 Å². The molecule has 2 nitrogen and oxygen atoms in total. The summed E-state index contributed by atoms with van der Waals surface area (Å²) in [5, 5.41) is 3.69. The van der Waals surface area contributed by atoms with Gasteiger partial charge in [0.25, 0.3) is 0 Å². The van der Waals surface area contributed by atoms with Gasteiger partial charge in [0, 0.05) is 18.4 Å². The highest BCUT2D eigenvalue weighted by atomic mass is 16.1. The Morgan fingerprint density at radius 3 is 1.77 bits per heavy atom. The molecule has 0 saturated heterocycles. The molecule has 0 aliphatic heterocycles. The Morgan fingerprint density at radius 2 is 1.29 bits per heavy atom. The molecule has 4 aliphatic rings. The van der Waals surface area contributed by atoms with Gasteiger partial charge in [0.15, 0.2) is 0 Å². The van der Waals surface area contributed by atoms with Gasteiger partial charge in [-0.05, 0) is 68.7 Å². The largest absolute Gasteiger partial charge is 0.316 e. The van der Waals surface area contributed by atoms with Crippen molar-refractivity contribution in [3.05, 3.63) is 0 Å². The molecular weight excluding hydrogens is 378 g/mol. The molecule has 4 aliphatic carbocycles. The van der Waals surface area contributed by atoms with Crippen LogP contribution in [0.5, 0.6) is 0 Å². The summed E-state index contributed by atoms with van der Waals surface area (Å²) >= 11 is 0. The second-order valence-electron chi connectivity index (χ2n) is 11.8. The molecule has 4 rings (SSSR count). The lowest BCUT2D eigenvalue weighted by atomic mass is 9.44. The van der Waals surface area contributed by atoms with Gasteiger partial charge in [0.2, 0.25) is 0 Å². The summed E-state index contributed by atoms with van der Waals surface area (Å²) < 4.78 is 0. The minimum absolute atomic E-state index is 0.260. The first kappa shape index (κ1) is 25.3. The molecule has 0 heterocycles. The Kier molecular flexibility index (Phi) is 10.4. The number of carbonyl (C=O) groups is 1. The average Bonchev–Trinajstić information content (AvgIpc) is 2.75. The molecule has 0 aromatic carbocycles. The zero-order valence-corrected chi connectivity index (χ0v) is 21.2. The highest BCUT2D eigenvalue weighted by Crippen LogP contribution is 2.62. The standard InChI is InChI=1S/C29H53NO/c1-4-5-6-7-8-9-10-11-12-13-14-15-16-17-27(31)23(2)29-21-24-18-25(22-29)20-26(19-24)28(29)30-3/h23-26,28,30H,4-22H2,1-3H3. The van der Waals surface area contributed by atoms with Crippen LogP contribution in [0.25, 0.3) is 0 Å². The smallest absolute Gasteiger partial charge is 0.136 e. The van der Waals surface area contributed by atoms with E-state index in [1.54, 1.807) is 0 Å². The fourth-order valence-corrected chi connectivity index (χ4v) is 8.10. The van der Waals surface area contributed by atoms with Crippen LogP contribution in [0.4, 0.5) is 0 Å². The van der Waals surface area contributed by atoms with E-state index >= 15 is 0 Å². The molecule has 0 radical (unpaired) electrons. The summed E-state index contributed by atoms with van der Waals surface area (Å²) in [6.07, 6.45) is 25.6.